The summed E-state index contributed by atoms with van der Waals surface area (Å²) in [6.07, 6.45) is 0. The number of ketones is 1. The van der Waals surface area contributed by atoms with Gasteiger partial charge < -0.3 is 14.6 Å². The normalized spacial score (nSPS) is 11.4. The molecule has 2 N–H and O–H groups in total. The minimum absolute atomic E-state index is 0.122. The van der Waals surface area contributed by atoms with Crippen molar-refractivity contribution in [3.05, 3.63) is 70.8 Å². The lowest BCUT2D eigenvalue weighted by atomic mass is 10.0. The summed E-state index contributed by atoms with van der Waals surface area (Å²) in [5.74, 6) is 1.40. The third-order valence-electron chi connectivity index (χ3n) is 5.41. The summed E-state index contributed by atoms with van der Waals surface area (Å²) in [4.78, 5) is 11.6. The van der Waals surface area contributed by atoms with Crippen molar-refractivity contribution in [2.45, 2.75) is 45.4 Å². The largest absolute Gasteiger partial charge is 0.508 e. The lowest BCUT2D eigenvalue weighted by molar-refractivity contribution is 0.101. The van der Waals surface area contributed by atoms with Gasteiger partial charge in [0.05, 0.1) is 7.11 Å². The molecule has 7 nitrogen and oxygen atoms in total. The first kappa shape index (κ1) is 25.1. The van der Waals surface area contributed by atoms with Crippen molar-refractivity contribution in [3.8, 4) is 23.0 Å². The van der Waals surface area contributed by atoms with E-state index in [1.165, 1.54) is 32.2 Å². The molecule has 0 saturated carbocycles. The Morgan fingerprint density at radius 3 is 2.21 bits per heavy atom. The van der Waals surface area contributed by atoms with Gasteiger partial charge in [0.15, 0.2) is 5.78 Å². The van der Waals surface area contributed by atoms with Crippen LogP contribution in [0.1, 0.15) is 53.7 Å². The second-order valence-electron chi connectivity index (χ2n) is 8.44. The molecule has 0 heterocycles. The smallest absolute Gasteiger partial charge is 0.265 e. The van der Waals surface area contributed by atoms with Crippen molar-refractivity contribution in [1.82, 2.24) is 0 Å². The standard InChI is InChI=1S/C26H29NO6S/c1-15(2)22-14-21(8-9-23(22)29)33-26-16(3)11-20(12-17(26)4)27-34(30,31)25-13-19(18(5)28)7-10-24(25)32-6/h7-15,27,29H,1-6H3. The maximum Gasteiger partial charge on any atom is 0.265 e. The number of benzene rings is 3. The second-order valence-corrected chi connectivity index (χ2v) is 10.1. The number of carbonyl (C=O) groups is 1. The number of nitrogens with one attached hydrogen (secondary N) is 1. The monoisotopic (exact) mass is 483 g/mol. The molecular formula is C26H29NO6S. The van der Waals surface area contributed by atoms with Gasteiger partial charge in [0.2, 0.25) is 0 Å². The topological polar surface area (TPSA) is 102 Å². The third kappa shape index (κ3) is 5.34. The molecule has 3 aromatic rings. The molecule has 180 valence electrons. The van der Waals surface area contributed by atoms with Crippen molar-refractivity contribution < 1.29 is 27.8 Å². The minimum Gasteiger partial charge on any atom is -0.508 e. The van der Waals surface area contributed by atoms with Gasteiger partial charge in [-0.3, -0.25) is 9.52 Å². The molecule has 0 amide bonds. The fourth-order valence-corrected chi connectivity index (χ4v) is 4.90. The van der Waals surface area contributed by atoms with Crippen LogP contribution in [-0.2, 0) is 10.0 Å². The van der Waals surface area contributed by atoms with Crippen LogP contribution in [0.25, 0.3) is 0 Å². The van der Waals surface area contributed by atoms with Crippen LogP contribution in [0.3, 0.4) is 0 Å². The number of carbonyl (C=O) groups excluding carboxylic acids is 1. The first-order chi connectivity index (χ1) is 15.9. The second kappa shape index (κ2) is 9.77. The van der Waals surface area contributed by atoms with Crippen LogP contribution in [0.2, 0.25) is 0 Å². The number of Topliss-reactive ketones (excluding diaryl/α,β-unsaturated/α-hetero) is 1. The first-order valence-corrected chi connectivity index (χ1v) is 12.2. The van der Waals surface area contributed by atoms with Crippen LogP contribution in [0, 0.1) is 13.8 Å². The number of phenols is 1. The van der Waals surface area contributed by atoms with Crippen LogP contribution in [0.5, 0.6) is 23.0 Å². The van der Waals surface area contributed by atoms with Gasteiger partial charge in [-0.2, -0.15) is 0 Å². The number of ether oxygens (including phenoxy) is 2. The van der Waals surface area contributed by atoms with Crippen molar-refractivity contribution in [2.24, 2.45) is 0 Å². The van der Waals surface area contributed by atoms with Gasteiger partial charge in [0, 0.05) is 16.8 Å². The number of hydrogen-bond donors (Lipinski definition) is 2. The fourth-order valence-electron chi connectivity index (χ4n) is 3.66. The number of phenolic OH excluding ortho intramolecular Hbond substituents is 1. The molecule has 0 spiro atoms. The van der Waals surface area contributed by atoms with E-state index in [1.807, 2.05) is 27.7 Å². The number of rotatable bonds is 8. The van der Waals surface area contributed by atoms with E-state index < -0.39 is 10.0 Å². The van der Waals surface area contributed by atoms with Gasteiger partial charge in [-0.25, -0.2) is 8.42 Å². The number of hydrogen-bond acceptors (Lipinski definition) is 6. The van der Waals surface area contributed by atoms with Gasteiger partial charge in [0.1, 0.15) is 27.9 Å². The molecule has 0 fully saturated rings. The Morgan fingerprint density at radius 1 is 1.00 bits per heavy atom. The number of aryl methyl sites for hydroxylation is 2. The Balaban J connectivity index is 1.93. The van der Waals surface area contributed by atoms with E-state index in [9.17, 15) is 18.3 Å². The summed E-state index contributed by atoms with van der Waals surface area (Å²) in [5, 5.41) is 10.1. The highest BCUT2D eigenvalue weighted by molar-refractivity contribution is 7.92. The number of sulfonamides is 1. The maximum atomic E-state index is 13.1. The van der Waals surface area contributed by atoms with E-state index >= 15 is 0 Å². The van der Waals surface area contributed by atoms with E-state index in [1.54, 1.807) is 30.3 Å². The molecule has 0 aromatic heterocycles. The zero-order valence-corrected chi connectivity index (χ0v) is 20.9. The molecule has 0 unspecified atom stereocenters. The van der Waals surface area contributed by atoms with Crippen molar-refractivity contribution in [2.75, 3.05) is 11.8 Å². The van der Waals surface area contributed by atoms with E-state index in [2.05, 4.69) is 4.72 Å². The molecule has 0 bridgehead atoms. The quantitative estimate of drug-likeness (QED) is 0.385. The van der Waals surface area contributed by atoms with Gasteiger partial charge in [-0.1, -0.05) is 13.8 Å². The average Bonchev–Trinajstić information content (AvgIpc) is 2.76. The summed E-state index contributed by atoms with van der Waals surface area (Å²) in [6, 6.07) is 12.7. The van der Waals surface area contributed by atoms with Gasteiger partial charge in [0.25, 0.3) is 10.0 Å². The van der Waals surface area contributed by atoms with Crippen LogP contribution < -0.4 is 14.2 Å². The molecule has 3 aromatic carbocycles. The van der Waals surface area contributed by atoms with Gasteiger partial charge >= 0.3 is 0 Å². The number of anilines is 1. The molecule has 0 aliphatic carbocycles. The molecule has 3 rings (SSSR count). The molecule has 34 heavy (non-hydrogen) atoms. The predicted molar refractivity (Wildman–Crippen MR) is 132 cm³/mol. The summed E-state index contributed by atoms with van der Waals surface area (Å²) in [7, 11) is -2.66. The molecular weight excluding hydrogens is 454 g/mol. The van der Waals surface area contributed by atoms with E-state index in [-0.39, 0.29) is 33.7 Å². The van der Waals surface area contributed by atoms with Gasteiger partial charge in [-0.05, 0) is 86.3 Å². The van der Waals surface area contributed by atoms with E-state index in [0.717, 1.165) is 16.7 Å². The Morgan fingerprint density at radius 2 is 1.65 bits per heavy atom. The summed E-state index contributed by atoms with van der Waals surface area (Å²) < 4.78 is 40.1. The lowest BCUT2D eigenvalue weighted by Gasteiger charge is -2.17. The Labute approximate surface area is 200 Å². The highest BCUT2D eigenvalue weighted by Crippen LogP contribution is 2.36. The number of aromatic hydroxyl groups is 1. The Kier molecular flexibility index (Phi) is 7.21. The van der Waals surface area contributed by atoms with Crippen molar-refractivity contribution in [1.29, 1.82) is 0 Å². The van der Waals surface area contributed by atoms with Crippen LogP contribution >= 0.6 is 0 Å². The molecule has 0 aliphatic heterocycles. The van der Waals surface area contributed by atoms with E-state index in [4.69, 9.17) is 9.47 Å². The summed E-state index contributed by atoms with van der Waals surface area (Å²) in [5.41, 5.74) is 2.85. The minimum atomic E-state index is -4.03. The van der Waals surface area contributed by atoms with Crippen LogP contribution in [0.15, 0.2) is 53.4 Å². The zero-order valence-electron chi connectivity index (χ0n) is 20.1. The molecule has 8 heteroatoms. The molecule has 0 atom stereocenters. The third-order valence-corrected chi connectivity index (χ3v) is 6.82. The molecule has 0 radical (unpaired) electrons. The van der Waals surface area contributed by atoms with Crippen LogP contribution in [-0.4, -0.2) is 26.4 Å². The van der Waals surface area contributed by atoms with E-state index in [0.29, 0.717) is 17.2 Å². The van der Waals surface area contributed by atoms with Gasteiger partial charge in [-0.15, -0.1) is 0 Å². The zero-order chi connectivity index (χ0) is 25.2. The summed E-state index contributed by atoms with van der Waals surface area (Å²) in [6.45, 7) is 8.98. The highest BCUT2D eigenvalue weighted by Gasteiger charge is 2.22. The molecule has 0 saturated heterocycles. The maximum absolute atomic E-state index is 13.1. The average molecular weight is 484 g/mol. The number of methoxy groups -OCH3 is 1. The first-order valence-electron chi connectivity index (χ1n) is 10.8. The van der Waals surface area contributed by atoms with Crippen LogP contribution in [0.4, 0.5) is 5.69 Å². The highest BCUT2D eigenvalue weighted by atomic mass is 32.2. The lowest BCUT2D eigenvalue weighted by Crippen LogP contribution is -2.15. The Hall–Kier alpha value is -3.52. The Bertz CT molecular complexity index is 1320. The molecule has 0 aliphatic rings. The fraction of sp³-hybridized carbons (Fsp3) is 0.269. The van der Waals surface area contributed by atoms with Crippen molar-refractivity contribution in [3.63, 3.8) is 0 Å². The van der Waals surface area contributed by atoms with Crippen molar-refractivity contribution >= 4 is 21.5 Å². The SMILES string of the molecule is COc1ccc(C(C)=O)cc1S(=O)(=O)Nc1cc(C)c(Oc2ccc(O)c(C(C)C)c2)c(C)c1. The summed E-state index contributed by atoms with van der Waals surface area (Å²) >= 11 is 0. The predicted octanol–water partition coefficient (Wildman–Crippen LogP) is 5.94.